The fourth-order valence-corrected chi connectivity index (χ4v) is 3.41. The van der Waals surface area contributed by atoms with E-state index in [0.29, 0.717) is 17.6 Å². The summed E-state index contributed by atoms with van der Waals surface area (Å²) < 4.78 is 13.6. The van der Waals surface area contributed by atoms with Crippen LogP contribution in [0.5, 0.6) is 0 Å². The summed E-state index contributed by atoms with van der Waals surface area (Å²) in [6.45, 7) is 5.46. The molecule has 0 radical (unpaired) electrons. The zero-order valence-corrected chi connectivity index (χ0v) is 13.8. The minimum atomic E-state index is -0.323. The van der Waals surface area contributed by atoms with E-state index in [1.807, 2.05) is 6.07 Å². The van der Waals surface area contributed by atoms with E-state index >= 15 is 0 Å². The Balaban J connectivity index is 2.30. The Kier molecular flexibility index (Phi) is 5.76. The van der Waals surface area contributed by atoms with Crippen LogP contribution in [0.1, 0.15) is 30.3 Å². The largest absolute Gasteiger partial charge is 0.329 e. The van der Waals surface area contributed by atoms with E-state index < -0.39 is 0 Å². The molecule has 2 rings (SSSR count). The van der Waals surface area contributed by atoms with Crippen LogP contribution >= 0.6 is 22.9 Å². The third-order valence-electron chi connectivity index (χ3n) is 3.48. The first-order valence-corrected chi connectivity index (χ1v) is 8.21. The summed E-state index contributed by atoms with van der Waals surface area (Å²) in [4.78, 5) is 3.54. The van der Waals surface area contributed by atoms with Gasteiger partial charge in [0.1, 0.15) is 5.82 Å². The maximum absolute atomic E-state index is 13.6. The smallest absolute Gasteiger partial charge is 0.125 e. The summed E-state index contributed by atoms with van der Waals surface area (Å²) in [7, 11) is 0. The van der Waals surface area contributed by atoms with Gasteiger partial charge in [-0.3, -0.25) is 4.90 Å². The minimum absolute atomic E-state index is 0.0553. The van der Waals surface area contributed by atoms with Crippen LogP contribution in [0.4, 0.5) is 4.39 Å². The normalized spacial score (nSPS) is 13.1. The highest BCUT2D eigenvalue weighted by molar-refractivity contribution is 7.09. The van der Waals surface area contributed by atoms with Gasteiger partial charge in [-0.15, -0.1) is 11.3 Å². The Morgan fingerprint density at radius 1 is 1.33 bits per heavy atom. The zero-order chi connectivity index (χ0) is 15.4. The molecule has 0 saturated heterocycles. The molecule has 0 fully saturated rings. The van der Waals surface area contributed by atoms with Gasteiger partial charge in [-0.05, 0) is 49.1 Å². The quantitative estimate of drug-likeness (QED) is 0.849. The number of rotatable bonds is 6. The van der Waals surface area contributed by atoms with Gasteiger partial charge in [0.15, 0.2) is 0 Å². The van der Waals surface area contributed by atoms with Gasteiger partial charge in [0.05, 0.1) is 0 Å². The Morgan fingerprint density at radius 2 is 2.10 bits per heavy atom. The van der Waals surface area contributed by atoms with Gasteiger partial charge < -0.3 is 5.73 Å². The predicted octanol–water partition coefficient (Wildman–Crippen LogP) is 4.45. The van der Waals surface area contributed by atoms with Gasteiger partial charge in [0.25, 0.3) is 0 Å². The summed E-state index contributed by atoms with van der Waals surface area (Å²) in [6, 6.07) is 9.01. The second-order valence-electron chi connectivity index (χ2n) is 5.30. The highest BCUT2D eigenvalue weighted by atomic mass is 35.5. The molecule has 1 unspecified atom stereocenters. The van der Waals surface area contributed by atoms with Crippen molar-refractivity contribution in [3.05, 3.63) is 57.0 Å². The van der Waals surface area contributed by atoms with Gasteiger partial charge in [0, 0.05) is 35.1 Å². The van der Waals surface area contributed by atoms with E-state index in [1.165, 1.54) is 17.0 Å². The molecule has 5 heteroatoms. The maximum atomic E-state index is 13.6. The summed E-state index contributed by atoms with van der Waals surface area (Å²) in [5, 5.41) is 2.47. The van der Waals surface area contributed by atoms with Crippen molar-refractivity contribution in [1.29, 1.82) is 0 Å². The van der Waals surface area contributed by atoms with Gasteiger partial charge in [-0.1, -0.05) is 17.7 Å². The van der Waals surface area contributed by atoms with Crippen LogP contribution < -0.4 is 5.73 Å². The summed E-state index contributed by atoms with van der Waals surface area (Å²) in [5.41, 5.74) is 6.80. The van der Waals surface area contributed by atoms with E-state index in [2.05, 4.69) is 30.2 Å². The monoisotopic (exact) mass is 326 g/mol. The van der Waals surface area contributed by atoms with Crippen molar-refractivity contribution in [3.8, 4) is 0 Å². The molecule has 114 valence electrons. The number of hydrogen-bond acceptors (Lipinski definition) is 3. The molecule has 21 heavy (non-hydrogen) atoms. The van der Waals surface area contributed by atoms with E-state index in [9.17, 15) is 4.39 Å². The molecule has 0 spiro atoms. The number of benzene rings is 1. The second-order valence-corrected chi connectivity index (χ2v) is 6.77. The minimum Gasteiger partial charge on any atom is -0.329 e. The van der Waals surface area contributed by atoms with Crippen molar-refractivity contribution in [2.45, 2.75) is 32.5 Å². The number of nitrogens with two attached hydrogens (primary N) is 1. The molecular formula is C16H20ClFN2S. The van der Waals surface area contributed by atoms with E-state index in [1.54, 1.807) is 17.4 Å². The Bertz CT molecular complexity index is 551. The zero-order valence-electron chi connectivity index (χ0n) is 12.2. The van der Waals surface area contributed by atoms with Crippen LogP contribution in [0.2, 0.25) is 5.02 Å². The lowest BCUT2D eigenvalue weighted by Gasteiger charge is -2.34. The van der Waals surface area contributed by atoms with Crippen LogP contribution in [-0.2, 0) is 6.54 Å². The lowest BCUT2D eigenvalue weighted by Crippen LogP contribution is -2.38. The molecule has 2 aromatic rings. The summed E-state index contributed by atoms with van der Waals surface area (Å²) in [6.07, 6.45) is 0. The first-order chi connectivity index (χ1) is 10.0. The predicted molar refractivity (Wildman–Crippen MR) is 88.2 cm³/mol. The van der Waals surface area contributed by atoms with Crippen LogP contribution in [0.15, 0.2) is 35.7 Å². The van der Waals surface area contributed by atoms with Crippen molar-refractivity contribution in [2.24, 2.45) is 5.73 Å². The number of thiophene rings is 1. The van der Waals surface area contributed by atoms with E-state index in [0.717, 1.165) is 12.1 Å². The maximum Gasteiger partial charge on any atom is 0.125 e. The van der Waals surface area contributed by atoms with Gasteiger partial charge in [0.2, 0.25) is 0 Å². The number of halogens is 2. The fourth-order valence-electron chi connectivity index (χ4n) is 2.47. The van der Waals surface area contributed by atoms with Crippen molar-refractivity contribution in [1.82, 2.24) is 4.90 Å². The van der Waals surface area contributed by atoms with Crippen molar-refractivity contribution in [3.63, 3.8) is 0 Å². The summed E-state index contributed by atoms with van der Waals surface area (Å²) >= 11 is 7.70. The van der Waals surface area contributed by atoms with Crippen molar-refractivity contribution >= 4 is 22.9 Å². The Morgan fingerprint density at radius 3 is 2.62 bits per heavy atom. The third-order valence-corrected chi connectivity index (χ3v) is 4.55. The number of hydrogen-bond donors (Lipinski definition) is 1. The standard InChI is InChI=1S/C16H20ClFN2S/c1-11(2)20(10-15-4-3-5-21-15)16(9-19)12-6-13(17)8-14(18)7-12/h3-8,11,16H,9-10,19H2,1-2H3. The lowest BCUT2D eigenvalue weighted by molar-refractivity contribution is 0.149. The average Bonchev–Trinajstić information content (AvgIpc) is 2.90. The van der Waals surface area contributed by atoms with E-state index in [-0.39, 0.29) is 11.9 Å². The van der Waals surface area contributed by atoms with Crippen LogP contribution in [0.3, 0.4) is 0 Å². The molecule has 2 nitrogen and oxygen atoms in total. The topological polar surface area (TPSA) is 29.3 Å². The Hall–Kier alpha value is -0.940. The molecule has 1 heterocycles. The average molecular weight is 327 g/mol. The van der Waals surface area contributed by atoms with E-state index in [4.69, 9.17) is 17.3 Å². The first-order valence-electron chi connectivity index (χ1n) is 6.95. The molecule has 0 aliphatic rings. The third kappa shape index (κ3) is 4.27. The number of nitrogens with zero attached hydrogens (tertiary/aromatic N) is 1. The lowest BCUT2D eigenvalue weighted by atomic mass is 10.0. The van der Waals surface area contributed by atoms with Crippen LogP contribution in [0, 0.1) is 5.82 Å². The molecule has 0 aliphatic carbocycles. The molecule has 2 N–H and O–H groups in total. The molecule has 1 aromatic carbocycles. The first kappa shape index (κ1) is 16.4. The molecule has 0 aliphatic heterocycles. The highest BCUT2D eigenvalue weighted by Crippen LogP contribution is 2.28. The Labute approximate surface area is 134 Å². The van der Waals surface area contributed by atoms with Gasteiger partial charge in [-0.25, -0.2) is 4.39 Å². The fraction of sp³-hybridized carbons (Fsp3) is 0.375. The van der Waals surface area contributed by atoms with Crippen LogP contribution in [0.25, 0.3) is 0 Å². The molecule has 0 bridgehead atoms. The van der Waals surface area contributed by atoms with Crippen LogP contribution in [-0.4, -0.2) is 17.5 Å². The van der Waals surface area contributed by atoms with Gasteiger partial charge >= 0.3 is 0 Å². The molecular weight excluding hydrogens is 307 g/mol. The molecule has 1 atom stereocenters. The molecule has 1 aromatic heterocycles. The summed E-state index contributed by atoms with van der Waals surface area (Å²) in [5.74, 6) is -0.323. The molecule has 0 amide bonds. The molecule has 0 saturated carbocycles. The van der Waals surface area contributed by atoms with Crippen molar-refractivity contribution < 1.29 is 4.39 Å². The second kappa shape index (κ2) is 7.36. The van der Waals surface area contributed by atoms with Crippen molar-refractivity contribution in [2.75, 3.05) is 6.54 Å². The van der Waals surface area contributed by atoms with Gasteiger partial charge in [-0.2, -0.15) is 0 Å². The highest BCUT2D eigenvalue weighted by Gasteiger charge is 2.23. The SMILES string of the molecule is CC(C)N(Cc1cccs1)C(CN)c1cc(F)cc(Cl)c1.